The Kier molecular flexibility index (Phi) is 2.60. The first-order valence-corrected chi connectivity index (χ1v) is 6.41. The normalized spacial score (nSPS) is 24.6. The van der Waals surface area contributed by atoms with E-state index in [-0.39, 0.29) is 0 Å². The highest BCUT2D eigenvalue weighted by molar-refractivity contribution is 5.58. The third-order valence-corrected chi connectivity index (χ3v) is 3.88. The van der Waals surface area contributed by atoms with Crippen molar-refractivity contribution >= 4 is 5.69 Å². The number of nitrogens with zero attached hydrogens (tertiary/aromatic N) is 1. The van der Waals surface area contributed by atoms with Gasteiger partial charge in [0.2, 0.25) is 0 Å². The van der Waals surface area contributed by atoms with Gasteiger partial charge in [-0.1, -0.05) is 19.1 Å². The van der Waals surface area contributed by atoms with E-state index in [1.165, 1.54) is 37.2 Å². The molecule has 16 heavy (non-hydrogen) atoms. The fraction of sp³-hybridized carbons (Fsp3) is 0.571. The second kappa shape index (κ2) is 4.10. The smallest absolute Gasteiger partial charge is 0.0402 e. The van der Waals surface area contributed by atoms with Crippen LogP contribution in [0.2, 0.25) is 0 Å². The van der Waals surface area contributed by atoms with Crippen molar-refractivity contribution in [3.63, 3.8) is 0 Å². The van der Waals surface area contributed by atoms with Crippen LogP contribution in [0.25, 0.3) is 0 Å². The van der Waals surface area contributed by atoms with Crippen molar-refractivity contribution in [1.29, 1.82) is 0 Å². The van der Waals surface area contributed by atoms with Crippen LogP contribution in [0.1, 0.15) is 24.5 Å². The summed E-state index contributed by atoms with van der Waals surface area (Å²) in [4.78, 5) is 2.58. The zero-order chi connectivity index (χ0) is 11.0. The maximum Gasteiger partial charge on any atom is 0.0402 e. The average molecular weight is 216 g/mol. The third-order valence-electron chi connectivity index (χ3n) is 3.88. The fourth-order valence-electron chi connectivity index (χ4n) is 2.96. The molecule has 1 atom stereocenters. The molecule has 1 saturated heterocycles. The maximum absolute atomic E-state index is 3.45. The molecule has 2 heteroatoms. The number of anilines is 1. The molecule has 2 aliphatic rings. The van der Waals surface area contributed by atoms with Gasteiger partial charge in [0, 0.05) is 25.3 Å². The van der Waals surface area contributed by atoms with Crippen LogP contribution >= 0.6 is 0 Å². The molecule has 3 rings (SSSR count). The number of nitrogens with one attached hydrogen (secondary N) is 1. The number of benzene rings is 1. The predicted octanol–water partition coefficient (Wildman–Crippen LogP) is 2.18. The van der Waals surface area contributed by atoms with E-state index < -0.39 is 0 Å². The second-order valence-corrected chi connectivity index (χ2v) is 5.18. The summed E-state index contributed by atoms with van der Waals surface area (Å²) < 4.78 is 0. The molecule has 1 aromatic carbocycles. The summed E-state index contributed by atoms with van der Waals surface area (Å²) in [6.45, 7) is 7.02. The van der Waals surface area contributed by atoms with E-state index in [2.05, 4.69) is 35.3 Å². The van der Waals surface area contributed by atoms with Gasteiger partial charge < -0.3 is 10.2 Å². The molecule has 2 heterocycles. The molecular formula is C14H20N2. The van der Waals surface area contributed by atoms with Crippen LogP contribution in [0.3, 0.4) is 0 Å². The predicted molar refractivity (Wildman–Crippen MR) is 67.8 cm³/mol. The van der Waals surface area contributed by atoms with Crippen LogP contribution in [0, 0.1) is 5.92 Å². The summed E-state index contributed by atoms with van der Waals surface area (Å²) in [6, 6.07) is 6.79. The number of fused-ring (bicyclic) bond motifs is 1. The van der Waals surface area contributed by atoms with E-state index >= 15 is 0 Å². The van der Waals surface area contributed by atoms with Gasteiger partial charge in [-0.05, 0) is 42.5 Å². The van der Waals surface area contributed by atoms with Crippen molar-refractivity contribution in [2.45, 2.75) is 26.3 Å². The molecule has 0 amide bonds. The Labute approximate surface area is 97.6 Å². The highest BCUT2D eigenvalue weighted by Gasteiger charge is 2.22. The lowest BCUT2D eigenvalue weighted by Gasteiger charge is -2.26. The van der Waals surface area contributed by atoms with Gasteiger partial charge >= 0.3 is 0 Å². The van der Waals surface area contributed by atoms with Crippen LogP contribution in [-0.2, 0) is 13.0 Å². The maximum atomic E-state index is 3.45. The molecule has 1 aromatic rings. The quantitative estimate of drug-likeness (QED) is 0.774. The van der Waals surface area contributed by atoms with Crippen molar-refractivity contribution in [3.8, 4) is 0 Å². The lowest BCUT2D eigenvalue weighted by atomic mass is 9.98. The van der Waals surface area contributed by atoms with Gasteiger partial charge in [-0.2, -0.15) is 0 Å². The Hall–Kier alpha value is -1.02. The molecule has 2 nitrogen and oxygen atoms in total. The minimum atomic E-state index is 0.859. The summed E-state index contributed by atoms with van der Waals surface area (Å²) in [7, 11) is 0. The van der Waals surface area contributed by atoms with Gasteiger partial charge in [-0.15, -0.1) is 0 Å². The fourth-order valence-corrected chi connectivity index (χ4v) is 2.96. The summed E-state index contributed by atoms with van der Waals surface area (Å²) >= 11 is 0. The van der Waals surface area contributed by atoms with Crippen LogP contribution in [-0.4, -0.2) is 19.6 Å². The van der Waals surface area contributed by atoms with Gasteiger partial charge in [-0.25, -0.2) is 0 Å². The first-order valence-electron chi connectivity index (χ1n) is 6.41. The topological polar surface area (TPSA) is 15.3 Å². The van der Waals surface area contributed by atoms with E-state index in [0.717, 1.165) is 19.0 Å². The molecule has 86 valence electrons. The monoisotopic (exact) mass is 216 g/mol. The first-order chi connectivity index (χ1) is 7.84. The Balaban J connectivity index is 1.94. The first kappa shape index (κ1) is 10.2. The Morgan fingerprint density at radius 3 is 3.12 bits per heavy atom. The van der Waals surface area contributed by atoms with Crippen molar-refractivity contribution in [3.05, 3.63) is 29.3 Å². The standard InChI is InChI=1S/C14H20N2/c1-11-6-8-16(10-11)14-4-2-3-12-9-15-7-5-13(12)14/h2-4,11,15H,5-10H2,1H3. The van der Waals surface area contributed by atoms with E-state index in [9.17, 15) is 0 Å². The number of hydrogen-bond acceptors (Lipinski definition) is 2. The number of rotatable bonds is 1. The molecule has 0 bridgehead atoms. The Bertz CT molecular complexity index is 386. The third kappa shape index (κ3) is 1.71. The molecule has 0 aliphatic carbocycles. The SMILES string of the molecule is CC1CCN(c2cccc3c2CCNC3)C1. The van der Waals surface area contributed by atoms with Crippen molar-refractivity contribution in [1.82, 2.24) is 5.32 Å². The molecule has 1 fully saturated rings. The lowest BCUT2D eigenvalue weighted by molar-refractivity contribution is 0.640. The molecular weight excluding hydrogens is 196 g/mol. The highest BCUT2D eigenvalue weighted by Crippen LogP contribution is 2.30. The Morgan fingerprint density at radius 2 is 2.31 bits per heavy atom. The van der Waals surface area contributed by atoms with Gasteiger partial charge in [0.1, 0.15) is 0 Å². The minimum absolute atomic E-state index is 0.859. The zero-order valence-corrected chi connectivity index (χ0v) is 10.00. The molecule has 1 unspecified atom stereocenters. The summed E-state index contributed by atoms with van der Waals surface area (Å²) in [6.07, 6.45) is 2.54. The van der Waals surface area contributed by atoms with E-state index in [1.807, 2.05) is 0 Å². The largest absolute Gasteiger partial charge is 0.371 e. The number of hydrogen-bond donors (Lipinski definition) is 1. The van der Waals surface area contributed by atoms with Gasteiger partial charge in [0.05, 0.1) is 0 Å². The van der Waals surface area contributed by atoms with E-state index in [0.29, 0.717) is 0 Å². The van der Waals surface area contributed by atoms with Gasteiger partial charge in [0.15, 0.2) is 0 Å². The van der Waals surface area contributed by atoms with Gasteiger partial charge in [0.25, 0.3) is 0 Å². The molecule has 2 aliphatic heterocycles. The Morgan fingerprint density at radius 1 is 1.38 bits per heavy atom. The molecule has 0 spiro atoms. The average Bonchev–Trinajstić information content (AvgIpc) is 2.75. The summed E-state index contributed by atoms with van der Waals surface area (Å²) in [5, 5.41) is 3.45. The van der Waals surface area contributed by atoms with E-state index in [4.69, 9.17) is 0 Å². The molecule has 0 radical (unpaired) electrons. The molecule has 0 aromatic heterocycles. The van der Waals surface area contributed by atoms with Crippen molar-refractivity contribution in [2.75, 3.05) is 24.5 Å². The minimum Gasteiger partial charge on any atom is -0.371 e. The summed E-state index contributed by atoms with van der Waals surface area (Å²) in [5.41, 5.74) is 4.60. The van der Waals surface area contributed by atoms with Crippen LogP contribution in [0.15, 0.2) is 18.2 Å². The highest BCUT2D eigenvalue weighted by atomic mass is 15.2. The van der Waals surface area contributed by atoms with Crippen LogP contribution in [0.4, 0.5) is 5.69 Å². The van der Waals surface area contributed by atoms with Crippen LogP contribution in [0.5, 0.6) is 0 Å². The second-order valence-electron chi connectivity index (χ2n) is 5.18. The lowest BCUT2D eigenvalue weighted by Crippen LogP contribution is -2.27. The molecule has 0 saturated carbocycles. The van der Waals surface area contributed by atoms with E-state index in [1.54, 1.807) is 5.56 Å². The summed E-state index contributed by atoms with van der Waals surface area (Å²) in [5.74, 6) is 0.859. The zero-order valence-electron chi connectivity index (χ0n) is 10.00. The van der Waals surface area contributed by atoms with Crippen molar-refractivity contribution < 1.29 is 0 Å². The van der Waals surface area contributed by atoms with Crippen LogP contribution < -0.4 is 10.2 Å². The molecule has 1 N–H and O–H groups in total. The van der Waals surface area contributed by atoms with Crippen molar-refractivity contribution in [2.24, 2.45) is 5.92 Å². The van der Waals surface area contributed by atoms with Gasteiger partial charge in [-0.3, -0.25) is 0 Å².